The summed E-state index contributed by atoms with van der Waals surface area (Å²) in [5.74, 6) is 0. The van der Waals surface area contributed by atoms with Gasteiger partial charge >= 0.3 is 12.2 Å². The molecule has 3 N–H and O–H groups in total. The highest BCUT2D eigenvalue weighted by Gasteiger charge is 2.30. The number of aliphatic hydroxyl groups excluding tert-OH is 1. The van der Waals surface area contributed by atoms with E-state index in [1.165, 1.54) is 12.1 Å². The highest BCUT2D eigenvalue weighted by atomic mass is 19.4. The van der Waals surface area contributed by atoms with Crippen molar-refractivity contribution in [3.05, 3.63) is 35.4 Å². The molecule has 1 aliphatic heterocycles. The van der Waals surface area contributed by atoms with Crippen molar-refractivity contribution < 1.29 is 27.8 Å². The van der Waals surface area contributed by atoms with Gasteiger partial charge < -0.3 is 20.5 Å². The minimum Gasteiger partial charge on any atom is -0.387 e. The summed E-state index contributed by atoms with van der Waals surface area (Å²) in [5, 5.41) is 15.0. The van der Waals surface area contributed by atoms with E-state index in [0.717, 1.165) is 12.1 Å². The molecule has 1 fully saturated rings. The molecule has 1 aromatic carbocycles. The van der Waals surface area contributed by atoms with Crippen molar-refractivity contribution in [2.75, 3.05) is 19.8 Å². The zero-order valence-corrected chi connectivity index (χ0v) is 11.7. The molecule has 1 aromatic rings. The monoisotopic (exact) mass is 318 g/mol. The molecule has 2 rings (SSSR count). The van der Waals surface area contributed by atoms with Crippen molar-refractivity contribution in [3.63, 3.8) is 0 Å². The minimum absolute atomic E-state index is 0.0781. The van der Waals surface area contributed by atoms with Crippen LogP contribution in [0.25, 0.3) is 0 Å². The van der Waals surface area contributed by atoms with Gasteiger partial charge in [0.1, 0.15) is 0 Å². The molecule has 122 valence electrons. The lowest BCUT2D eigenvalue weighted by atomic mass is 10.1. The molecule has 2 unspecified atom stereocenters. The largest absolute Gasteiger partial charge is 0.416 e. The Bertz CT molecular complexity index is 516. The third kappa shape index (κ3) is 4.60. The molecule has 0 spiro atoms. The summed E-state index contributed by atoms with van der Waals surface area (Å²) in [6.07, 6.45) is -4.97. The fourth-order valence-electron chi connectivity index (χ4n) is 2.11. The van der Waals surface area contributed by atoms with Crippen LogP contribution in [-0.2, 0) is 10.9 Å². The van der Waals surface area contributed by atoms with Crippen LogP contribution in [0.5, 0.6) is 0 Å². The highest BCUT2D eigenvalue weighted by molar-refractivity contribution is 5.74. The number of carbonyl (C=O) groups excluding carboxylic acids is 1. The summed E-state index contributed by atoms with van der Waals surface area (Å²) in [6, 6.07) is 3.83. The van der Waals surface area contributed by atoms with Crippen LogP contribution in [0.15, 0.2) is 24.3 Å². The van der Waals surface area contributed by atoms with Crippen LogP contribution in [0, 0.1) is 0 Å². The van der Waals surface area contributed by atoms with E-state index in [-0.39, 0.29) is 18.2 Å². The number of hydrogen-bond acceptors (Lipinski definition) is 3. The second-order valence-corrected chi connectivity index (χ2v) is 5.05. The lowest BCUT2D eigenvalue weighted by Crippen LogP contribution is -2.43. The number of hydrogen-bond donors (Lipinski definition) is 3. The van der Waals surface area contributed by atoms with Crippen LogP contribution in [-0.4, -0.2) is 36.9 Å². The quantitative estimate of drug-likeness (QED) is 0.793. The van der Waals surface area contributed by atoms with Gasteiger partial charge in [0.2, 0.25) is 0 Å². The number of rotatable bonds is 4. The summed E-state index contributed by atoms with van der Waals surface area (Å²) < 4.78 is 42.9. The van der Waals surface area contributed by atoms with E-state index < -0.39 is 23.9 Å². The summed E-state index contributed by atoms with van der Waals surface area (Å²) in [6.45, 7) is 0.835. The molecule has 2 atom stereocenters. The number of urea groups is 1. The van der Waals surface area contributed by atoms with Crippen LogP contribution in [0.1, 0.15) is 23.7 Å². The van der Waals surface area contributed by atoms with Gasteiger partial charge in [-0.15, -0.1) is 0 Å². The fourth-order valence-corrected chi connectivity index (χ4v) is 2.11. The summed E-state index contributed by atoms with van der Waals surface area (Å²) in [7, 11) is 0. The molecular formula is C14H17F3N2O3. The molecule has 8 heteroatoms. The Morgan fingerprint density at radius 2 is 2.23 bits per heavy atom. The number of carbonyl (C=O) groups is 1. The van der Waals surface area contributed by atoms with E-state index >= 15 is 0 Å². The molecule has 0 aromatic heterocycles. The smallest absolute Gasteiger partial charge is 0.387 e. The van der Waals surface area contributed by atoms with Gasteiger partial charge in [0, 0.05) is 13.2 Å². The van der Waals surface area contributed by atoms with E-state index in [1.54, 1.807) is 0 Å². The molecular weight excluding hydrogens is 301 g/mol. The van der Waals surface area contributed by atoms with Crippen molar-refractivity contribution in [2.24, 2.45) is 0 Å². The zero-order chi connectivity index (χ0) is 16.2. The topological polar surface area (TPSA) is 70.6 Å². The second-order valence-electron chi connectivity index (χ2n) is 5.05. The van der Waals surface area contributed by atoms with Crippen molar-refractivity contribution in [2.45, 2.75) is 24.7 Å². The van der Waals surface area contributed by atoms with Gasteiger partial charge in [0.05, 0.1) is 24.3 Å². The number of aliphatic hydroxyl groups is 1. The molecule has 0 saturated carbocycles. The number of benzene rings is 1. The predicted octanol–water partition coefficient (Wildman–Crippen LogP) is 1.83. The Kier molecular flexibility index (Phi) is 5.25. The maximum absolute atomic E-state index is 12.6. The van der Waals surface area contributed by atoms with Gasteiger partial charge in [-0.25, -0.2) is 4.79 Å². The van der Waals surface area contributed by atoms with Crippen molar-refractivity contribution >= 4 is 6.03 Å². The van der Waals surface area contributed by atoms with Gasteiger partial charge in [0.15, 0.2) is 0 Å². The lowest BCUT2D eigenvalue weighted by molar-refractivity contribution is -0.137. The van der Waals surface area contributed by atoms with Gasteiger partial charge in [0.25, 0.3) is 0 Å². The van der Waals surface area contributed by atoms with Gasteiger partial charge in [-0.3, -0.25) is 0 Å². The first kappa shape index (κ1) is 16.6. The number of halogens is 3. The molecule has 1 aliphatic rings. The summed E-state index contributed by atoms with van der Waals surface area (Å²) in [4.78, 5) is 11.6. The standard InChI is InChI=1S/C14H17F3N2O3/c15-14(16,17)10-3-1-2-9(6-10)12(20)7-18-13(21)19-11-4-5-22-8-11/h1-3,6,11-12,20H,4-5,7-8H2,(H2,18,19,21). The number of alkyl halides is 3. The average Bonchev–Trinajstić information content (AvgIpc) is 2.97. The average molecular weight is 318 g/mol. The third-order valence-electron chi connectivity index (χ3n) is 3.32. The predicted molar refractivity (Wildman–Crippen MR) is 72.2 cm³/mol. The van der Waals surface area contributed by atoms with Crippen molar-refractivity contribution in [1.82, 2.24) is 10.6 Å². The maximum atomic E-state index is 12.6. The van der Waals surface area contributed by atoms with E-state index in [2.05, 4.69) is 10.6 Å². The first-order valence-corrected chi connectivity index (χ1v) is 6.83. The van der Waals surface area contributed by atoms with E-state index in [1.807, 2.05) is 0 Å². The Hall–Kier alpha value is -1.80. The van der Waals surface area contributed by atoms with Crippen molar-refractivity contribution in [1.29, 1.82) is 0 Å². The molecule has 1 heterocycles. The van der Waals surface area contributed by atoms with Gasteiger partial charge in [-0.2, -0.15) is 13.2 Å². The van der Waals surface area contributed by atoms with E-state index in [0.29, 0.717) is 19.6 Å². The minimum atomic E-state index is -4.47. The summed E-state index contributed by atoms with van der Waals surface area (Å²) >= 11 is 0. The Balaban J connectivity index is 1.86. The number of ether oxygens (including phenoxy) is 1. The van der Waals surface area contributed by atoms with Crippen LogP contribution in [0.4, 0.5) is 18.0 Å². The van der Waals surface area contributed by atoms with Crippen LogP contribution < -0.4 is 10.6 Å². The van der Waals surface area contributed by atoms with E-state index in [9.17, 15) is 23.1 Å². The molecule has 0 radical (unpaired) electrons. The van der Waals surface area contributed by atoms with Gasteiger partial charge in [-0.05, 0) is 24.1 Å². The second kappa shape index (κ2) is 6.97. The molecule has 5 nitrogen and oxygen atoms in total. The Morgan fingerprint density at radius 1 is 1.45 bits per heavy atom. The molecule has 2 amide bonds. The normalized spacial score (nSPS) is 19.7. The first-order chi connectivity index (χ1) is 10.4. The van der Waals surface area contributed by atoms with Crippen LogP contribution in [0.3, 0.4) is 0 Å². The Morgan fingerprint density at radius 3 is 2.86 bits per heavy atom. The maximum Gasteiger partial charge on any atom is 0.416 e. The zero-order valence-electron chi connectivity index (χ0n) is 11.7. The molecule has 22 heavy (non-hydrogen) atoms. The fraction of sp³-hybridized carbons (Fsp3) is 0.500. The van der Waals surface area contributed by atoms with E-state index in [4.69, 9.17) is 4.74 Å². The number of amides is 2. The SMILES string of the molecule is O=C(NCC(O)c1cccc(C(F)(F)F)c1)NC1CCOC1. The lowest BCUT2D eigenvalue weighted by Gasteiger charge is -2.16. The molecule has 0 bridgehead atoms. The molecule has 0 aliphatic carbocycles. The van der Waals surface area contributed by atoms with Gasteiger partial charge in [-0.1, -0.05) is 12.1 Å². The number of nitrogens with one attached hydrogen (secondary N) is 2. The Labute approximate surface area is 125 Å². The summed E-state index contributed by atoms with van der Waals surface area (Å²) in [5.41, 5.74) is -0.740. The van der Waals surface area contributed by atoms with Crippen LogP contribution >= 0.6 is 0 Å². The van der Waals surface area contributed by atoms with Crippen molar-refractivity contribution in [3.8, 4) is 0 Å². The third-order valence-corrected chi connectivity index (χ3v) is 3.32. The highest BCUT2D eigenvalue weighted by Crippen LogP contribution is 2.30. The molecule has 1 saturated heterocycles. The van der Waals surface area contributed by atoms with Crippen LogP contribution in [0.2, 0.25) is 0 Å². The first-order valence-electron chi connectivity index (χ1n) is 6.83.